The van der Waals surface area contributed by atoms with Crippen LogP contribution in [0.25, 0.3) is 0 Å². The second kappa shape index (κ2) is 11.3. The van der Waals surface area contributed by atoms with Gasteiger partial charge in [0.2, 0.25) is 0 Å². The van der Waals surface area contributed by atoms with Gasteiger partial charge in [-0.2, -0.15) is 0 Å². The van der Waals surface area contributed by atoms with Gasteiger partial charge >= 0.3 is 18.2 Å². The van der Waals surface area contributed by atoms with Crippen LogP contribution in [0.2, 0.25) is 0 Å². The van der Waals surface area contributed by atoms with E-state index >= 15 is 0 Å². The van der Waals surface area contributed by atoms with E-state index in [2.05, 4.69) is 10.1 Å². The lowest BCUT2D eigenvalue weighted by Gasteiger charge is -2.24. The first kappa shape index (κ1) is 25.6. The SMILES string of the molecule is COC(=O)CN(Cc1cc(F)c(F)cc1NC(=O)OC(C)(C)C)C(=O)OCc1ccccc1. The Morgan fingerprint density at radius 1 is 1.03 bits per heavy atom. The third kappa shape index (κ3) is 8.40. The lowest BCUT2D eigenvalue weighted by atomic mass is 10.1. The fourth-order valence-corrected chi connectivity index (χ4v) is 2.67. The molecule has 10 heteroatoms. The average Bonchev–Trinajstić information content (AvgIpc) is 2.74. The largest absolute Gasteiger partial charge is 0.468 e. The number of amides is 2. The van der Waals surface area contributed by atoms with Gasteiger partial charge < -0.3 is 14.2 Å². The molecule has 0 saturated carbocycles. The standard InChI is InChI=1S/C23H26F2N2O6/c1-23(2,3)33-21(29)26-19-11-18(25)17(24)10-16(19)12-27(13-20(28)31-4)22(30)32-14-15-8-6-5-7-9-15/h5-11H,12-14H2,1-4H3,(H,26,29). The summed E-state index contributed by atoms with van der Waals surface area (Å²) in [7, 11) is 1.14. The molecule has 0 bridgehead atoms. The van der Waals surface area contributed by atoms with E-state index in [0.29, 0.717) is 5.56 Å². The highest BCUT2D eigenvalue weighted by molar-refractivity contribution is 5.86. The molecule has 1 N–H and O–H groups in total. The van der Waals surface area contributed by atoms with Crippen LogP contribution in [0.5, 0.6) is 0 Å². The smallest absolute Gasteiger partial charge is 0.412 e. The van der Waals surface area contributed by atoms with Crippen LogP contribution in [0.3, 0.4) is 0 Å². The summed E-state index contributed by atoms with van der Waals surface area (Å²) in [5, 5.41) is 2.34. The van der Waals surface area contributed by atoms with Crippen molar-refractivity contribution in [3.8, 4) is 0 Å². The number of ether oxygens (including phenoxy) is 3. The summed E-state index contributed by atoms with van der Waals surface area (Å²) in [6, 6.07) is 10.4. The molecule has 0 aliphatic heterocycles. The van der Waals surface area contributed by atoms with Crippen molar-refractivity contribution >= 4 is 23.8 Å². The molecule has 0 heterocycles. The first-order chi connectivity index (χ1) is 15.5. The lowest BCUT2D eigenvalue weighted by Crippen LogP contribution is -2.36. The summed E-state index contributed by atoms with van der Waals surface area (Å²) in [5.41, 5.74) is -0.237. The van der Waals surface area contributed by atoms with Gasteiger partial charge in [0.1, 0.15) is 18.8 Å². The molecule has 2 aromatic rings. The van der Waals surface area contributed by atoms with Gasteiger partial charge in [0, 0.05) is 6.07 Å². The zero-order valence-corrected chi connectivity index (χ0v) is 18.8. The van der Waals surface area contributed by atoms with Gasteiger partial charge in [0.25, 0.3) is 0 Å². The number of anilines is 1. The van der Waals surface area contributed by atoms with E-state index in [1.807, 2.05) is 0 Å². The first-order valence-electron chi connectivity index (χ1n) is 9.99. The van der Waals surface area contributed by atoms with Gasteiger partial charge in [-0.25, -0.2) is 18.4 Å². The molecule has 0 fully saturated rings. The number of benzene rings is 2. The molecular weight excluding hydrogens is 438 g/mol. The summed E-state index contributed by atoms with van der Waals surface area (Å²) in [6.45, 7) is 3.94. The van der Waals surface area contributed by atoms with Crippen LogP contribution in [0.4, 0.5) is 24.1 Å². The molecular formula is C23H26F2N2O6. The van der Waals surface area contributed by atoms with Gasteiger partial charge in [0.05, 0.1) is 19.3 Å². The van der Waals surface area contributed by atoms with Crippen molar-refractivity contribution in [2.45, 2.75) is 39.5 Å². The number of carbonyl (C=O) groups is 3. The van der Waals surface area contributed by atoms with Crippen LogP contribution in [0, 0.1) is 11.6 Å². The number of nitrogens with zero attached hydrogens (tertiary/aromatic N) is 1. The summed E-state index contributed by atoms with van der Waals surface area (Å²) < 4.78 is 42.8. The second-order valence-corrected chi connectivity index (χ2v) is 8.02. The Balaban J connectivity index is 2.26. The Labute approximate surface area is 190 Å². The van der Waals surface area contributed by atoms with Gasteiger partial charge in [0.15, 0.2) is 11.6 Å². The summed E-state index contributed by atoms with van der Waals surface area (Å²) >= 11 is 0. The maximum Gasteiger partial charge on any atom is 0.412 e. The van der Waals surface area contributed by atoms with Crippen LogP contribution >= 0.6 is 0 Å². The molecule has 0 spiro atoms. The van der Waals surface area contributed by atoms with Crippen molar-refractivity contribution in [1.82, 2.24) is 4.90 Å². The molecule has 8 nitrogen and oxygen atoms in total. The highest BCUT2D eigenvalue weighted by Gasteiger charge is 2.24. The molecule has 2 aromatic carbocycles. The Bertz CT molecular complexity index is 992. The number of hydrogen-bond donors (Lipinski definition) is 1. The second-order valence-electron chi connectivity index (χ2n) is 8.02. The van der Waals surface area contributed by atoms with Gasteiger partial charge in [-0.15, -0.1) is 0 Å². The minimum absolute atomic E-state index is 0.0142. The van der Waals surface area contributed by atoms with Crippen LogP contribution in [-0.4, -0.2) is 42.3 Å². The number of hydrogen-bond acceptors (Lipinski definition) is 6. The molecule has 2 amide bonds. The number of nitrogens with one attached hydrogen (secondary N) is 1. The van der Waals surface area contributed by atoms with Crippen molar-refractivity contribution < 1.29 is 37.4 Å². The third-order valence-corrected chi connectivity index (χ3v) is 4.15. The Hall–Kier alpha value is -3.69. The third-order valence-electron chi connectivity index (χ3n) is 4.15. The van der Waals surface area contributed by atoms with E-state index < -0.39 is 41.9 Å². The van der Waals surface area contributed by atoms with Crippen LogP contribution in [0.15, 0.2) is 42.5 Å². The molecule has 33 heavy (non-hydrogen) atoms. The van der Waals surface area contributed by atoms with E-state index in [-0.39, 0.29) is 24.4 Å². The molecule has 0 radical (unpaired) electrons. The Kier molecular flexibility index (Phi) is 8.72. The minimum Gasteiger partial charge on any atom is -0.468 e. The molecule has 2 rings (SSSR count). The number of methoxy groups -OCH3 is 1. The molecule has 0 unspecified atom stereocenters. The lowest BCUT2D eigenvalue weighted by molar-refractivity contribution is -0.141. The van der Waals surface area contributed by atoms with Gasteiger partial charge in [-0.3, -0.25) is 15.0 Å². The fourth-order valence-electron chi connectivity index (χ4n) is 2.67. The molecule has 0 saturated heterocycles. The summed E-state index contributed by atoms with van der Waals surface area (Å²) in [5.74, 6) is -3.16. The van der Waals surface area contributed by atoms with E-state index in [1.165, 1.54) is 0 Å². The van der Waals surface area contributed by atoms with Crippen LogP contribution in [-0.2, 0) is 32.2 Å². The quantitative estimate of drug-likeness (QED) is 0.475. The highest BCUT2D eigenvalue weighted by Crippen LogP contribution is 2.23. The van der Waals surface area contributed by atoms with Crippen molar-refractivity contribution in [1.29, 1.82) is 0 Å². The number of halogens is 2. The monoisotopic (exact) mass is 464 g/mol. The highest BCUT2D eigenvalue weighted by atomic mass is 19.2. The predicted octanol–water partition coefficient (Wildman–Crippen LogP) is 4.62. The molecule has 0 aliphatic rings. The predicted molar refractivity (Wildman–Crippen MR) is 115 cm³/mol. The Morgan fingerprint density at radius 3 is 2.27 bits per heavy atom. The average molecular weight is 464 g/mol. The normalized spacial score (nSPS) is 10.8. The summed E-state index contributed by atoms with van der Waals surface area (Å²) in [4.78, 5) is 37.6. The first-order valence-corrected chi connectivity index (χ1v) is 9.99. The number of esters is 1. The molecule has 0 atom stereocenters. The van der Waals surface area contributed by atoms with Crippen molar-refractivity contribution in [3.05, 3.63) is 65.2 Å². The summed E-state index contributed by atoms with van der Waals surface area (Å²) in [6.07, 6.45) is -1.79. The maximum absolute atomic E-state index is 14.0. The van der Waals surface area contributed by atoms with Gasteiger partial charge in [-0.05, 0) is 38.0 Å². The zero-order valence-electron chi connectivity index (χ0n) is 18.8. The van der Waals surface area contributed by atoms with Crippen molar-refractivity contribution in [2.24, 2.45) is 0 Å². The van der Waals surface area contributed by atoms with E-state index in [0.717, 1.165) is 24.1 Å². The van der Waals surface area contributed by atoms with E-state index in [9.17, 15) is 23.2 Å². The Morgan fingerprint density at radius 2 is 1.67 bits per heavy atom. The van der Waals surface area contributed by atoms with Crippen LogP contribution < -0.4 is 5.32 Å². The van der Waals surface area contributed by atoms with Crippen LogP contribution in [0.1, 0.15) is 31.9 Å². The molecule has 0 aromatic heterocycles. The molecule has 178 valence electrons. The van der Waals surface area contributed by atoms with Crippen molar-refractivity contribution in [2.75, 3.05) is 19.0 Å². The number of rotatable bonds is 7. The maximum atomic E-state index is 14.0. The topological polar surface area (TPSA) is 94.2 Å². The van der Waals surface area contributed by atoms with E-state index in [4.69, 9.17) is 9.47 Å². The zero-order chi connectivity index (χ0) is 24.6. The fraction of sp³-hybridized carbons (Fsp3) is 0.348. The number of carbonyl (C=O) groups excluding carboxylic acids is 3. The van der Waals surface area contributed by atoms with Crippen molar-refractivity contribution in [3.63, 3.8) is 0 Å². The molecule has 0 aliphatic carbocycles. The minimum atomic E-state index is -1.21. The van der Waals surface area contributed by atoms with Gasteiger partial charge in [-0.1, -0.05) is 30.3 Å². The van der Waals surface area contributed by atoms with E-state index in [1.54, 1.807) is 51.1 Å².